The predicted octanol–water partition coefficient (Wildman–Crippen LogP) is 0.704. The second kappa shape index (κ2) is 6.48. The summed E-state index contributed by atoms with van der Waals surface area (Å²) in [6.45, 7) is 0.169. The lowest BCUT2D eigenvalue weighted by Crippen LogP contribution is -2.27. The third-order valence-electron chi connectivity index (χ3n) is 2.27. The number of hydrogen-bond acceptors (Lipinski definition) is 6. The lowest BCUT2D eigenvalue weighted by Gasteiger charge is -2.10. The van der Waals surface area contributed by atoms with Crippen molar-refractivity contribution in [3.05, 3.63) is 28.1 Å². The van der Waals surface area contributed by atoms with Crippen LogP contribution in [0.15, 0.2) is 12.1 Å². The van der Waals surface area contributed by atoms with Crippen LogP contribution in [0.2, 0.25) is 0 Å². The van der Waals surface area contributed by atoms with Crippen molar-refractivity contribution < 1.29 is 22.5 Å². The van der Waals surface area contributed by atoms with Crippen molar-refractivity contribution in [2.45, 2.75) is 0 Å². The minimum absolute atomic E-state index is 0.0113. The summed E-state index contributed by atoms with van der Waals surface area (Å²) in [6.07, 6.45) is 1.00. The monoisotopic (exact) mass is 307 g/mol. The Labute approximate surface area is 115 Å². The molecule has 20 heavy (non-hydrogen) atoms. The van der Waals surface area contributed by atoms with E-state index in [1.165, 1.54) is 7.11 Å². The Morgan fingerprint density at radius 3 is 2.55 bits per heavy atom. The molecule has 0 aliphatic carbocycles. The molecule has 1 aromatic rings. The number of rotatable bonds is 7. The standard InChI is InChI=1S/C10H14FN3O5S/c1-19-10-6-8(7(11)5-9(10)14(15)16)12-3-4-13-20(2,17)18/h5-6,12-13H,3-4H2,1-2H3. The quantitative estimate of drug-likeness (QED) is 0.436. The fraction of sp³-hybridized carbons (Fsp3) is 0.400. The number of ether oxygens (including phenoxy) is 1. The summed E-state index contributed by atoms with van der Waals surface area (Å²) in [5.74, 6) is -0.910. The van der Waals surface area contributed by atoms with E-state index in [0.29, 0.717) is 0 Å². The second-order valence-electron chi connectivity index (χ2n) is 3.85. The molecule has 0 spiro atoms. The average Bonchev–Trinajstić information content (AvgIpc) is 2.34. The van der Waals surface area contributed by atoms with Crippen molar-refractivity contribution in [1.29, 1.82) is 0 Å². The second-order valence-corrected chi connectivity index (χ2v) is 5.69. The number of halogens is 1. The maximum atomic E-state index is 13.6. The summed E-state index contributed by atoms with van der Waals surface area (Å²) in [5, 5.41) is 13.3. The first kappa shape index (κ1) is 16.1. The molecule has 1 aromatic carbocycles. The molecule has 2 N–H and O–H groups in total. The Bertz CT molecular complexity index is 605. The van der Waals surface area contributed by atoms with Gasteiger partial charge in [0.1, 0.15) is 0 Å². The molecule has 10 heteroatoms. The summed E-state index contributed by atoms with van der Waals surface area (Å²) in [4.78, 5) is 9.92. The Morgan fingerprint density at radius 1 is 1.40 bits per heavy atom. The van der Waals surface area contributed by atoms with Gasteiger partial charge in [-0.3, -0.25) is 10.1 Å². The number of sulfonamides is 1. The zero-order valence-corrected chi connectivity index (χ0v) is 11.7. The number of nitrogens with zero attached hydrogens (tertiary/aromatic N) is 1. The van der Waals surface area contributed by atoms with E-state index >= 15 is 0 Å². The average molecular weight is 307 g/mol. The molecule has 0 saturated carbocycles. The summed E-state index contributed by atoms with van der Waals surface area (Å²) < 4.78 is 42.3. The van der Waals surface area contributed by atoms with Gasteiger partial charge in [0.15, 0.2) is 11.6 Å². The van der Waals surface area contributed by atoms with Crippen LogP contribution in [0.4, 0.5) is 15.8 Å². The van der Waals surface area contributed by atoms with Crippen LogP contribution in [0.5, 0.6) is 5.75 Å². The molecular weight excluding hydrogens is 293 g/mol. The van der Waals surface area contributed by atoms with Crippen LogP contribution in [-0.2, 0) is 10.0 Å². The zero-order chi connectivity index (χ0) is 15.3. The van der Waals surface area contributed by atoms with Gasteiger partial charge in [0.05, 0.1) is 30.0 Å². The highest BCUT2D eigenvalue weighted by atomic mass is 32.2. The van der Waals surface area contributed by atoms with E-state index in [1.807, 2.05) is 0 Å². The number of nitro groups is 1. The van der Waals surface area contributed by atoms with Crippen LogP contribution >= 0.6 is 0 Å². The molecule has 0 aromatic heterocycles. The lowest BCUT2D eigenvalue weighted by molar-refractivity contribution is -0.385. The topological polar surface area (TPSA) is 111 Å². The van der Waals surface area contributed by atoms with Crippen molar-refractivity contribution in [2.24, 2.45) is 0 Å². The van der Waals surface area contributed by atoms with Crippen LogP contribution in [0.3, 0.4) is 0 Å². The number of benzene rings is 1. The number of anilines is 1. The molecular formula is C10H14FN3O5S. The van der Waals surface area contributed by atoms with Gasteiger partial charge in [-0.2, -0.15) is 0 Å². The third-order valence-corrected chi connectivity index (χ3v) is 3.00. The molecule has 0 radical (unpaired) electrons. The molecule has 0 aliphatic heterocycles. The van der Waals surface area contributed by atoms with Crippen molar-refractivity contribution in [2.75, 3.05) is 31.8 Å². The molecule has 112 valence electrons. The summed E-state index contributed by atoms with van der Waals surface area (Å²) in [7, 11) is -2.09. The van der Waals surface area contributed by atoms with E-state index in [-0.39, 0.29) is 24.5 Å². The van der Waals surface area contributed by atoms with Gasteiger partial charge in [-0.25, -0.2) is 17.5 Å². The summed E-state index contributed by atoms with van der Waals surface area (Å²) in [6, 6.07) is 1.89. The van der Waals surface area contributed by atoms with E-state index in [0.717, 1.165) is 18.4 Å². The van der Waals surface area contributed by atoms with Crippen molar-refractivity contribution in [3.63, 3.8) is 0 Å². The van der Waals surface area contributed by atoms with Crippen molar-refractivity contribution in [3.8, 4) is 5.75 Å². The van der Waals surface area contributed by atoms with E-state index in [9.17, 15) is 22.9 Å². The number of nitrogens with one attached hydrogen (secondary N) is 2. The number of nitro benzene ring substituents is 1. The smallest absolute Gasteiger partial charge is 0.313 e. The Hall–Kier alpha value is -1.94. The van der Waals surface area contributed by atoms with Crippen LogP contribution < -0.4 is 14.8 Å². The predicted molar refractivity (Wildman–Crippen MR) is 70.9 cm³/mol. The highest BCUT2D eigenvalue weighted by molar-refractivity contribution is 7.88. The van der Waals surface area contributed by atoms with Gasteiger partial charge < -0.3 is 10.1 Å². The van der Waals surface area contributed by atoms with Gasteiger partial charge >= 0.3 is 5.69 Å². The van der Waals surface area contributed by atoms with Gasteiger partial charge in [-0.15, -0.1) is 0 Å². The molecule has 0 unspecified atom stereocenters. The first-order chi connectivity index (χ1) is 9.24. The normalized spacial score (nSPS) is 11.2. The molecule has 0 heterocycles. The van der Waals surface area contributed by atoms with E-state index < -0.39 is 26.5 Å². The molecule has 0 saturated heterocycles. The molecule has 8 nitrogen and oxygen atoms in total. The van der Waals surface area contributed by atoms with Gasteiger partial charge in [0.2, 0.25) is 10.0 Å². The first-order valence-electron chi connectivity index (χ1n) is 5.45. The van der Waals surface area contributed by atoms with Crippen LogP contribution in [0.1, 0.15) is 0 Å². The minimum Gasteiger partial charge on any atom is -0.490 e. The van der Waals surface area contributed by atoms with E-state index in [4.69, 9.17) is 4.74 Å². The molecule has 0 aliphatic rings. The number of hydrogen-bond donors (Lipinski definition) is 2. The molecule has 0 bridgehead atoms. The highest BCUT2D eigenvalue weighted by Crippen LogP contribution is 2.32. The van der Waals surface area contributed by atoms with Gasteiger partial charge in [-0.05, 0) is 0 Å². The van der Waals surface area contributed by atoms with Crippen molar-refractivity contribution in [1.82, 2.24) is 4.72 Å². The van der Waals surface area contributed by atoms with Crippen molar-refractivity contribution >= 4 is 21.4 Å². The van der Waals surface area contributed by atoms with Gasteiger partial charge in [0.25, 0.3) is 0 Å². The van der Waals surface area contributed by atoms with Crippen LogP contribution in [0.25, 0.3) is 0 Å². The molecule has 0 amide bonds. The largest absolute Gasteiger partial charge is 0.490 e. The summed E-state index contributed by atoms with van der Waals surface area (Å²) >= 11 is 0. The molecule has 0 atom stereocenters. The Balaban J connectivity index is 2.79. The molecule has 0 fully saturated rings. The SMILES string of the molecule is COc1cc(NCCNS(C)(=O)=O)c(F)cc1[N+](=O)[O-]. The fourth-order valence-electron chi connectivity index (χ4n) is 1.42. The minimum atomic E-state index is -3.32. The fourth-order valence-corrected chi connectivity index (χ4v) is 1.89. The van der Waals surface area contributed by atoms with E-state index in [2.05, 4.69) is 10.0 Å². The summed E-state index contributed by atoms with van der Waals surface area (Å²) in [5.41, 5.74) is -0.493. The molecule has 1 rings (SSSR count). The zero-order valence-electron chi connectivity index (χ0n) is 10.8. The van der Waals surface area contributed by atoms with Crippen LogP contribution in [-0.4, -0.2) is 39.8 Å². The highest BCUT2D eigenvalue weighted by Gasteiger charge is 2.19. The van der Waals surface area contributed by atoms with Gasteiger partial charge in [-0.1, -0.05) is 0 Å². The number of methoxy groups -OCH3 is 1. The Kier molecular flexibility index (Phi) is 5.22. The Morgan fingerprint density at radius 2 is 2.05 bits per heavy atom. The maximum absolute atomic E-state index is 13.6. The van der Waals surface area contributed by atoms with E-state index in [1.54, 1.807) is 0 Å². The third kappa shape index (κ3) is 4.63. The first-order valence-corrected chi connectivity index (χ1v) is 7.34. The maximum Gasteiger partial charge on any atom is 0.313 e. The van der Waals surface area contributed by atoms with Crippen LogP contribution in [0, 0.1) is 15.9 Å². The van der Waals surface area contributed by atoms with Gasteiger partial charge in [0, 0.05) is 19.2 Å². The lowest BCUT2D eigenvalue weighted by atomic mass is 10.2.